The van der Waals surface area contributed by atoms with Crippen molar-refractivity contribution in [1.82, 2.24) is 24.9 Å². The van der Waals surface area contributed by atoms with Crippen molar-refractivity contribution >= 4 is 34.1 Å². The van der Waals surface area contributed by atoms with E-state index in [4.69, 9.17) is 23.7 Å². The van der Waals surface area contributed by atoms with E-state index in [0.717, 1.165) is 116 Å². The minimum Gasteiger partial charge on any atom is -0.476 e. The van der Waals surface area contributed by atoms with Crippen molar-refractivity contribution in [3.8, 4) is 23.4 Å². The van der Waals surface area contributed by atoms with Gasteiger partial charge in [0.25, 0.3) is 0 Å². The van der Waals surface area contributed by atoms with Crippen LogP contribution in [0.5, 0.6) is 23.4 Å². The fraction of sp³-hybridized carbons (Fsp3) is 0.616. The smallest absolute Gasteiger partial charge is 0.238 e. The van der Waals surface area contributed by atoms with E-state index in [9.17, 15) is 4.39 Å². The summed E-state index contributed by atoms with van der Waals surface area (Å²) in [4.78, 5) is 22.7. The minimum atomic E-state index is -1.37. The highest BCUT2D eigenvalue weighted by atomic mass is 19.1. The summed E-state index contributed by atoms with van der Waals surface area (Å²) in [5, 5.41) is 20.8. The molecule has 1 aromatic carbocycles. The summed E-state index contributed by atoms with van der Waals surface area (Å²) in [6.07, 6.45) is 22.1. The summed E-state index contributed by atoms with van der Waals surface area (Å²) in [7, 11) is 0. The molecule has 16 nitrogen and oxygen atoms in total. The molecule has 3 saturated carbocycles. The van der Waals surface area contributed by atoms with Gasteiger partial charge in [-0.1, -0.05) is 125 Å². The number of aromatic nitrogens is 5. The number of hydrogen-bond donors (Lipinski definition) is 6. The molecule has 1 saturated heterocycles. The van der Waals surface area contributed by atoms with Crippen molar-refractivity contribution < 1.29 is 28.1 Å². The number of rotatable bonds is 0. The Labute approximate surface area is 616 Å². The summed E-state index contributed by atoms with van der Waals surface area (Å²) in [5.41, 5.74) is 25.0. The molecular formula is C86H124FN11O5. The zero-order valence-corrected chi connectivity index (χ0v) is 67.4. The number of alkyl halides is 1. The summed E-state index contributed by atoms with van der Waals surface area (Å²) in [6, 6.07) is 4.23. The first kappa shape index (κ1) is 76.7. The zero-order valence-electron chi connectivity index (χ0n) is 67.4. The van der Waals surface area contributed by atoms with Gasteiger partial charge in [0, 0.05) is 48.5 Å². The molecule has 17 heteroatoms. The van der Waals surface area contributed by atoms with Crippen molar-refractivity contribution in [3.05, 3.63) is 134 Å². The molecule has 1 unspecified atom stereocenters. The van der Waals surface area contributed by atoms with Gasteiger partial charge in [-0.25, -0.2) is 19.3 Å². The van der Waals surface area contributed by atoms with Crippen LogP contribution in [0.25, 0.3) is 0 Å². The Bertz CT molecular complexity index is 4100. The van der Waals surface area contributed by atoms with E-state index >= 15 is 0 Å². The normalized spacial score (nSPS) is 20.4. The number of hydrogen-bond acceptors (Lipinski definition) is 16. The van der Waals surface area contributed by atoms with Crippen molar-refractivity contribution in [2.45, 2.75) is 292 Å². The molecule has 4 spiro atoms. The van der Waals surface area contributed by atoms with Gasteiger partial charge < -0.3 is 55.6 Å². The number of benzene rings is 1. The van der Waals surface area contributed by atoms with E-state index in [1.807, 2.05) is 25.5 Å². The van der Waals surface area contributed by atoms with Crippen LogP contribution in [0.15, 0.2) is 55.6 Å². The highest BCUT2D eigenvalue weighted by Gasteiger charge is 2.50. The predicted molar refractivity (Wildman–Crippen MR) is 421 cm³/mol. The van der Waals surface area contributed by atoms with E-state index in [-0.39, 0.29) is 56.8 Å². The van der Waals surface area contributed by atoms with Gasteiger partial charge >= 0.3 is 0 Å². The second-order valence-corrected chi connectivity index (χ2v) is 38.1. The molecule has 0 amide bonds. The van der Waals surface area contributed by atoms with Crippen LogP contribution in [-0.2, 0) is 50.1 Å². The summed E-state index contributed by atoms with van der Waals surface area (Å²) >= 11 is 0. The van der Waals surface area contributed by atoms with E-state index < -0.39 is 5.67 Å². The molecule has 0 radical (unpaired) electrons. The average molecular weight is 1410 g/mol. The molecule has 10 aliphatic rings. The maximum absolute atomic E-state index is 13.9. The maximum atomic E-state index is 13.9. The van der Waals surface area contributed by atoms with Gasteiger partial charge in [-0.05, 0) is 231 Å². The summed E-state index contributed by atoms with van der Waals surface area (Å²) < 4.78 is 42.2. The van der Waals surface area contributed by atoms with Gasteiger partial charge in [0.05, 0.1) is 66.9 Å². The van der Waals surface area contributed by atoms with Gasteiger partial charge in [0.2, 0.25) is 17.6 Å². The molecule has 7 aliphatic heterocycles. The number of ether oxygens (including phenoxy) is 5. The number of anilines is 6. The maximum Gasteiger partial charge on any atom is 0.238 e. The lowest BCUT2D eigenvalue weighted by molar-refractivity contribution is -0.0470. The van der Waals surface area contributed by atoms with Crippen LogP contribution in [0, 0.1) is 47.0 Å². The minimum absolute atomic E-state index is 0.0130. The third-order valence-electron chi connectivity index (χ3n) is 22.5. The Kier molecular flexibility index (Phi) is 20.5. The van der Waals surface area contributed by atoms with E-state index in [1.165, 1.54) is 117 Å². The second-order valence-electron chi connectivity index (χ2n) is 38.1. The highest BCUT2D eigenvalue weighted by Crippen LogP contribution is 2.52. The van der Waals surface area contributed by atoms with E-state index in [1.54, 1.807) is 0 Å². The van der Waals surface area contributed by atoms with Gasteiger partial charge in [-0.3, -0.25) is 9.97 Å². The molecule has 103 heavy (non-hydrogen) atoms. The first-order chi connectivity index (χ1) is 47.7. The SMILES string of the molecule is C=C1Nc2cc(C)c(C(C)(C)C)cc2O1.Cc1c(C(C)(C)C)cnc2c1NC1(CC2)CC1.Cc1c(C(C)(C)C)cnc2c1NC1(CC2)COC1.Cc1c(C(C)(C)C)cnc2c1NCC(C)(F)CO2.Cc1c(C(C)(C)C)cnc2c1NCC1(CC1)CO2.Cc1c(C(C)(C)C)cnc2c1NCC1(CC1)O2. The number of aryl methyl sites for hydroxylation is 3. The van der Waals surface area contributed by atoms with Gasteiger partial charge in [0.15, 0.2) is 17.3 Å². The number of halogens is 1. The van der Waals surface area contributed by atoms with Crippen LogP contribution < -0.4 is 50.8 Å². The topological polar surface area (TPSA) is 183 Å². The van der Waals surface area contributed by atoms with Crippen LogP contribution in [-0.4, -0.2) is 93.3 Å². The zero-order chi connectivity index (χ0) is 75.2. The quantitative estimate of drug-likeness (QED) is 0.0844. The fourth-order valence-corrected chi connectivity index (χ4v) is 15.4. The monoisotopic (exact) mass is 1410 g/mol. The van der Waals surface area contributed by atoms with Crippen LogP contribution in [0.1, 0.15) is 261 Å². The van der Waals surface area contributed by atoms with Gasteiger partial charge in [-0.15, -0.1) is 0 Å². The Morgan fingerprint density at radius 1 is 0.427 bits per heavy atom. The third kappa shape index (κ3) is 17.1. The molecule has 3 aliphatic carbocycles. The lowest BCUT2D eigenvalue weighted by atomic mass is 9.81. The molecule has 4 fully saturated rings. The lowest BCUT2D eigenvalue weighted by Crippen LogP contribution is -2.57. The van der Waals surface area contributed by atoms with Crippen molar-refractivity contribution in [1.29, 1.82) is 0 Å². The van der Waals surface area contributed by atoms with E-state index in [2.05, 4.69) is 247 Å². The molecule has 16 rings (SSSR count). The molecule has 1 atom stereocenters. The van der Waals surface area contributed by atoms with Gasteiger partial charge in [0.1, 0.15) is 29.3 Å². The Balaban J connectivity index is 0.000000124. The van der Waals surface area contributed by atoms with Crippen LogP contribution in [0.4, 0.5) is 38.5 Å². The number of nitrogens with zero attached hydrogens (tertiary/aromatic N) is 5. The fourth-order valence-electron chi connectivity index (χ4n) is 15.4. The van der Waals surface area contributed by atoms with Crippen molar-refractivity contribution in [2.24, 2.45) is 5.41 Å². The molecular weight excluding hydrogens is 1290 g/mol. The van der Waals surface area contributed by atoms with Crippen LogP contribution in [0.2, 0.25) is 0 Å². The largest absolute Gasteiger partial charge is 0.476 e. The lowest BCUT2D eigenvalue weighted by Gasteiger charge is -2.46. The Hall–Kier alpha value is -7.40. The number of nitrogens with one attached hydrogen (secondary N) is 6. The summed E-state index contributed by atoms with van der Waals surface area (Å²) in [6.45, 7) is 62.8. The predicted octanol–water partition coefficient (Wildman–Crippen LogP) is 19.5. The molecule has 0 bridgehead atoms. The number of fused-ring (bicyclic) bond motifs is 6. The first-order valence-electron chi connectivity index (χ1n) is 38.0. The molecule has 5 aromatic heterocycles. The van der Waals surface area contributed by atoms with Crippen molar-refractivity contribution in [3.63, 3.8) is 0 Å². The van der Waals surface area contributed by atoms with Crippen molar-refractivity contribution in [2.75, 3.05) is 78.0 Å². The average Bonchev–Trinajstić information content (AvgIpc) is 1.42. The standard InChI is InChI=1S/2C15H22N2O.C15H22N2.C14H21FN2O.C14H20N2O.C13H17NO/c1-10-11(14(2,3)4)7-16-13-12(10)17-8-15(5-6-15)9-18-13;1-10-11(14(2,3)4)7-16-12-5-6-15(8-18-9-15)17-13(10)12;1-10-11(14(2,3)4)9-16-12-5-6-15(7-8-15)17-13(10)12;1-9-10(13(2,3)4)6-16-12-11(9)17-7-14(5,15)8-18-12;1-9-10(13(2,3)4)7-15-12-11(9)16-8-14(17-12)5-6-14;1-8-6-11-12(15-9(2)14-11)7-10(8)13(3,4)5/h2*7,17H,5-6,8-9H2,1-4H3;9,17H,5-8H2,1-4H3;6,17H,7-8H2,1-5H3;7,16H,5-6,8H2,1-4H3;6-7,14H,2H2,1,3-5H3. The van der Waals surface area contributed by atoms with E-state index in [0.29, 0.717) is 22.7 Å². The highest BCUT2D eigenvalue weighted by molar-refractivity contribution is 5.69. The molecule has 6 aromatic rings. The van der Waals surface area contributed by atoms with Gasteiger partial charge in [-0.2, -0.15) is 0 Å². The first-order valence-corrected chi connectivity index (χ1v) is 38.0. The summed E-state index contributed by atoms with van der Waals surface area (Å²) in [5.74, 6) is 3.57. The Morgan fingerprint density at radius 3 is 1.25 bits per heavy atom. The third-order valence-corrected chi connectivity index (χ3v) is 22.5. The molecule has 6 N–H and O–H groups in total. The van der Waals surface area contributed by atoms with Crippen LogP contribution in [0.3, 0.4) is 0 Å². The second kappa shape index (κ2) is 27.5. The molecule has 560 valence electrons. The molecule has 12 heterocycles. The number of pyridine rings is 5. The van der Waals surface area contributed by atoms with Crippen LogP contribution >= 0.6 is 0 Å². The Morgan fingerprint density at radius 2 is 0.825 bits per heavy atom.